The highest BCUT2D eigenvalue weighted by atomic mass is 16.5. The van der Waals surface area contributed by atoms with E-state index in [-0.39, 0.29) is 23.4 Å². The Morgan fingerprint density at radius 1 is 0.788 bits per heavy atom. The molecular formula is C30H32O3. The van der Waals surface area contributed by atoms with Crippen LogP contribution in [0.4, 0.5) is 0 Å². The second-order valence-electron chi connectivity index (χ2n) is 9.22. The van der Waals surface area contributed by atoms with Crippen molar-refractivity contribution in [2.45, 2.75) is 52.6 Å². The van der Waals surface area contributed by atoms with Gasteiger partial charge in [-0.25, -0.2) is 0 Å². The smallest absolute Gasteiger partial charge is 0.170 e. The zero-order chi connectivity index (χ0) is 23.8. The number of ether oxygens (including phenoxy) is 1. The average molecular weight is 441 g/mol. The minimum absolute atomic E-state index is 0.0244. The molecule has 0 bridgehead atoms. The molecule has 3 heteroatoms. The van der Waals surface area contributed by atoms with Crippen molar-refractivity contribution < 1.29 is 14.3 Å². The molecule has 0 saturated heterocycles. The summed E-state index contributed by atoms with van der Waals surface area (Å²) in [5.74, 6) is 0.325. The molecule has 0 saturated carbocycles. The summed E-state index contributed by atoms with van der Waals surface area (Å²) in [6.07, 6.45) is 5.10. The fraction of sp³-hybridized carbons (Fsp3) is 0.267. The van der Waals surface area contributed by atoms with E-state index in [0.717, 1.165) is 17.5 Å². The van der Waals surface area contributed by atoms with Crippen LogP contribution in [0.5, 0.6) is 5.75 Å². The lowest BCUT2D eigenvalue weighted by molar-refractivity contribution is 0.0894. The van der Waals surface area contributed by atoms with Gasteiger partial charge in [-0.1, -0.05) is 88.4 Å². The minimum Gasteiger partial charge on any atom is -0.489 e. The van der Waals surface area contributed by atoms with Crippen molar-refractivity contribution in [1.82, 2.24) is 0 Å². The molecule has 0 aliphatic heterocycles. The number of Topliss-reactive ketones (excluding diaryl/α,β-unsaturated/α-hetero) is 2. The highest BCUT2D eigenvalue weighted by Crippen LogP contribution is 2.23. The average Bonchev–Trinajstić information content (AvgIpc) is 2.82. The van der Waals surface area contributed by atoms with Crippen LogP contribution in [0.15, 0.2) is 78.9 Å². The number of ketones is 2. The molecule has 0 N–H and O–H groups in total. The van der Waals surface area contributed by atoms with Crippen molar-refractivity contribution in [2.75, 3.05) is 0 Å². The third-order valence-corrected chi connectivity index (χ3v) is 5.50. The Hall–Kier alpha value is -3.46. The van der Waals surface area contributed by atoms with Gasteiger partial charge < -0.3 is 4.74 Å². The zero-order valence-corrected chi connectivity index (χ0v) is 19.9. The maximum absolute atomic E-state index is 12.6. The largest absolute Gasteiger partial charge is 0.489 e. The van der Waals surface area contributed by atoms with Crippen molar-refractivity contribution >= 4 is 17.6 Å². The quantitative estimate of drug-likeness (QED) is 0.256. The van der Waals surface area contributed by atoms with Crippen LogP contribution in [0, 0.1) is 0 Å². The summed E-state index contributed by atoms with van der Waals surface area (Å²) in [4.78, 5) is 25.1. The van der Waals surface area contributed by atoms with Crippen LogP contribution in [-0.2, 0) is 12.0 Å². The highest BCUT2D eigenvalue weighted by molar-refractivity contribution is 6.13. The first-order valence-electron chi connectivity index (χ1n) is 11.4. The predicted molar refractivity (Wildman–Crippen MR) is 135 cm³/mol. The SMILES string of the molecule is CC/C=C/c1ccc(COc2ccc(C(=O)CC(=O)c3ccc(C(C)(C)C)cc3)cc2)cc1. The number of rotatable bonds is 9. The van der Waals surface area contributed by atoms with E-state index in [2.05, 4.69) is 52.0 Å². The third-order valence-electron chi connectivity index (χ3n) is 5.50. The summed E-state index contributed by atoms with van der Waals surface area (Å²) in [6, 6.07) is 22.7. The number of carbonyl (C=O) groups excluding carboxylic acids is 2. The molecule has 0 heterocycles. The zero-order valence-electron chi connectivity index (χ0n) is 19.9. The topological polar surface area (TPSA) is 43.4 Å². The van der Waals surface area contributed by atoms with E-state index in [1.165, 1.54) is 5.56 Å². The first-order chi connectivity index (χ1) is 15.8. The van der Waals surface area contributed by atoms with Crippen LogP contribution >= 0.6 is 0 Å². The molecule has 0 unspecified atom stereocenters. The lowest BCUT2D eigenvalue weighted by Gasteiger charge is -2.18. The summed E-state index contributed by atoms with van der Waals surface area (Å²) >= 11 is 0. The van der Waals surface area contributed by atoms with E-state index in [0.29, 0.717) is 23.5 Å². The second-order valence-corrected chi connectivity index (χ2v) is 9.22. The minimum atomic E-state index is -0.192. The van der Waals surface area contributed by atoms with Gasteiger partial charge in [0.2, 0.25) is 0 Å². The molecule has 0 radical (unpaired) electrons. The lowest BCUT2D eigenvalue weighted by atomic mass is 9.86. The molecule has 0 spiro atoms. The predicted octanol–water partition coefficient (Wildman–Crippen LogP) is 7.44. The van der Waals surface area contributed by atoms with Crippen LogP contribution in [-0.4, -0.2) is 11.6 Å². The van der Waals surface area contributed by atoms with Crippen LogP contribution < -0.4 is 4.74 Å². The van der Waals surface area contributed by atoms with E-state index in [1.54, 1.807) is 36.4 Å². The Bertz CT molecular complexity index is 1100. The number of carbonyl (C=O) groups is 2. The summed E-state index contributed by atoms with van der Waals surface area (Å²) in [7, 11) is 0. The lowest BCUT2D eigenvalue weighted by Crippen LogP contribution is -2.12. The molecule has 0 aliphatic carbocycles. The molecule has 3 aromatic carbocycles. The van der Waals surface area contributed by atoms with Crippen molar-refractivity contribution in [2.24, 2.45) is 0 Å². The Labute approximate surface area is 197 Å². The molecule has 170 valence electrons. The monoisotopic (exact) mass is 440 g/mol. The van der Waals surface area contributed by atoms with Gasteiger partial charge in [0.25, 0.3) is 0 Å². The molecule has 33 heavy (non-hydrogen) atoms. The van der Waals surface area contributed by atoms with Crippen molar-refractivity contribution in [3.05, 3.63) is 107 Å². The van der Waals surface area contributed by atoms with Gasteiger partial charge in [-0.2, -0.15) is 0 Å². The fourth-order valence-electron chi connectivity index (χ4n) is 3.39. The van der Waals surface area contributed by atoms with Gasteiger partial charge >= 0.3 is 0 Å². The maximum Gasteiger partial charge on any atom is 0.170 e. The van der Waals surface area contributed by atoms with Gasteiger partial charge in [-0.05, 0) is 52.8 Å². The second kappa shape index (κ2) is 10.9. The summed E-state index contributed by atoms with van der Waals surface area (Å²) in [6.45, 7) is 8.95. The molecule has 3 rings (SSSR count). The molecular weight excluding hydrogens is 408 g/mol. The number of hydrogen-bond donors (Lipinski definition) is 0. The van der Waals surface area contributed by atoms with E-state index in [9.17, 15) is 9.59 Å². The Morgan fingerprint density at radius 3 is 1.85 bits per heavy atom. The van der Waals surface area contributed by atoms with E-state index in [1.807, 2.05) is 24.3 Å². The van der Waals surface area contributed by atoms with Crippen molar-refractivity contribution in [3.63, 3.8) is 0 Å². The fourth-order valence-corrected chi connectivity index (χ4v) is 3.39. The van der Waals surface area contributed by atoms with Crippen LogP contribution in [0.2, 0.25) is 0 Å². The third kappa shape index (κ3) is 7.01. The Kier molecular flexibility index (Phi) is 8.00. The highest BCUT2D eigenvalue weighted by Gasteiger charge is 2.17. The van der Waals surface area contributed by atoms with E-state index < -0.39 is 0 Å². The maximum atomic E-state index is 12.6. The first-order valence-corrected chi connectivity index (χ1v) is 11.4. The number of benzene rings is 3. The molecule has 0 fully saturated rings. The van der Waals surface area contributed by atoms with Crippen molar-refractivity contribution in [3.8, 4) is 5.75 Å². The first kappa shape index (κ1) is 24.2. The van der Waals surface area contributed by atoms with Crippen LogP contribution in [0.1, 0.15) is 77.9 Å². The molecule has 0 atom stereocenters. The van der Waals surface area contributed by atoms with Gasteiger partial charge in [0.15, 0.2) is 11.6 Å². The standard InChI is InChI=1S/C30H32O3/c1-5-6-7-22-8-10-23(11-9-22)21-33-27-18-14-25(15-19-27)29(32)20-28(31)24-12-16-26(17-13-24)30(2,3)4/h6-19H,5,20-21H2,1-4H3/b7-6+. The molecule has 0 aromatic heterocycles. The normalized spacial score (nSPS) is 11.5. The van der Waals surface area contributed by atoms with Crippen molar-refractivity contribution in [1.29, 1.82) is 0 Å². The molecule has 0 aliphatic rings. The Balaban J connectivity index is 1.54. The number of hydrogen-bond acceptors (Lipinski definition) is 3. The molecule has 0 amide bonds. The van der Waals surface area contributed by atoms with Crippen LogP contribution in [0.25, 0.3) is 6.08 Å². The summed E-state index contributed by atoms with van der Waals surface area (Å²) < 4.78 is 5.84. The van der Waals surface area contributed by atoms with Gasteiger partial charge in [0.05, 0.1) is 6.42 Å². The van der Waals surface area contributed by atoms with Gasteiger partial charge in [0.1, 0.15) is 12.4 Å². The summed E-state index contributed by atoms with van der Waals surface area (Å²) in [5.41, 5.74) is 4.50. The van der Waals surface area contributed by atoms with E-state index >= 15 is 0 Å². The van der Waals surface area contributed by atoms with E-state index in [4.69, 9.17) is 4.74 Å². The molecule has 3 nitrogen and oxygen atoms in total. The van der Waals surface area contributed by atoms with Gasteiger partial charge in [-0.3, -0.25) is 9.59 Å². The molecule has 3 aromatic rings. The van der Waals surface area contributed by atoms with Gasteiger partial charge in [-0.15, -0.1) is 0 Å². The number of allylic oxidation sites excluding steroid dienone is 1. The van der Waals surface area contributed by atoms with Crippen LogP contribution in [0.3, 0.4) is 0 Å². The Morgan fingerprint density at radius 2 is 1.33 bits per heavy atom. The van der Waals surface area contributed by atoms with Gasteiger partial charge in [0, 0.05) is 11.1 Å². The summed E-state index contributed by atoms with van der Waals surface area (Å²) in [5, 5.41) is 0.